The normalized spacial score (nSPS) is 8.92. The molecule has 0 heterocycles. The van der Waals surface area contributed by atoms with Crippen molar-refractivity contribution < 1.29 is 45.4 Å². The van der Waals surface area contributed by atoms with Gasteiger partial charge in [-0.3, -0.25) is 0 Å². The van der Waals surface area contributed by atoms with E-state index in [9.17, 15) is 0 Å². The Morgan fingerprint density at radius 2 is 1.33 bits per heavy atom. The monoisotopic (exact) mass is 265 g/mol. The van der Waals surface area contributed by atoms with E-state index in [0.717, 1.165) is 0 Å². The Hall–Kier alpha value is 0.213. The Labute approximate surface area is 89.6 Å². The summed E-state index contributed by atoms with van der Waals surface area (Å²) in [5.74, 6) is 0. The van der Waals surface area contributed by atoms with Crippen LogP contribution < -0.4 is 0 Å². The zero-order valence-corrected chi connectivity index (χ0v) is 9.44. The van der Waals surface area contributed by atoms with Crippen molar-refractivity contribution in [1.82, 2.24) is 0 Å². The van der Waals surface area contributed by atoms with Crippen LogP contribution in [0, 0.1) is 6.07 Å². The van der Waals surface area contributed by atoms with E-state index >= 15 is 0 Å². The van der Waals surface area contributed by atoms with Crippen molar-refractivity contribution in [2.75, 3.05) is 0 Å². The Bertz CT molecular complexity index is 187. The van der Waals surface area contributed by atoms with Crippen molar-refractivity contribution in [2.24, 2.45) is 0 Å². The molecule has 0 spiro atoms. The average Bonchev–Trinajstić information content (AvgIpc) is 1.88. The molecule has 0 amide bonds. The van der Waals surface area contributed by atoms with Crippen molar-refractivity contribution in [1.29, 1.82) is 0 Å². The maximum absolute atomic E-state index is 8.88. The van der Waals surface area contributed by atoms with Crippen LogP contribution in [0.3, 0.4) is 0 Å². The van der Waals surface area contributed by atoms with E-state index in [1.54, 1.807) is 0 Å². The van der Waals surface area contributed by atoms with E-state index in [1.165, 1.54) is 0 Å². The minimum atomic E-state index is -4.64. The molecule has 1 aromatic rings. The molecule has 0 saturated heterocycles. The number of hydrogen-bond acceptors (Lipinski definition) is 1. The molecule has 4 nitrogen and oxygen atoms in total. The van der Waals surface area contributed by atoms with E-state index in [2.05, 4.69) is 6.07 Å². The number of hydrogen-bond donors (Lipinski definition) is 3. The molecule has 66 valence electrons. The summed E-state index contributed by atoms with van der Waals surface area (Å²) >= 11 is 0. The summed E-state index contributed by atoms with van der Waals surface area (Å²) < 4.78 is 8.88. The van der Waals surface area contributed by atoms with Gasteiger partial charge < -0.3 is 14.7 Å². The predicted molar refractivity (Wildman–Crippen MR) is 39.5 cm³/mol. The summed E-state index contributed by atoms with van der Waals surface area (Å²) in [4.78, 5) is 21.6. The summed E-state index contributed by atoms with van der Waals surface area (Å²) in [5, 5.41) is 0. The molecule has 0 bridgehead atoms. The second-order valence-electron chi connectivity index (χ2n) is 1.59. The van der Waals surface area contributed by atoms with Crippen LogP contribution in [0.25, 0.3) is 0 Å². The minimum Gasteiger partial charge on any atom is -0.303 e. The van der Waals surface area contributed by atoms with Crippen molar-refractivity contribution in [3.05, 3.63) is 36.4 Å². The van der Waals surface area contributed by atoms with Crippen LogP contribution in [0.2, 0.25) is 0 Å². The van der Waals surface area contributed by atoms with Gasteiger partial charge >= 0.3 is 7.82 Å². The van der Waals surface area contributed by atoms with E-state index in [4.69, 9.17) is 19.2 Å². The minimum absolute atomic E-state index is 0. The molecule has 0 atom stereocenters. The van der Waals surface area contributed by atoms with Gasteiger partial charge in [-0.2, -0.15) is 36.4 Å². The van der Waals surface area contributed by atoms with Crippen molar-refractivity contribution in [3.63, 3.8) is 0 Å². The predicted octanol–water partition coefficient (Wildman–Crippen LogP) is 0.556. The summed E-state index contributed by atoms with van der Waals surface area (Å²) in [5.41, 5.74) is 0. The molecule has 6 heteroatoms. The van der Waals surface area contributed by atoms with Crippen LogP contribution in [0.15, 0.2) is 30.3 Å². The fourth-order valence-electron chi connectivity index (χ4n) is 0.342. The second-order valence-corrected chi connectivity index (χ2v) is 2.62. The molecule has 0 unspecified atom stereocenters. The molecular formula is C6H8O4PZr-. The Balaban J connectivity index is 0. The van der Waals surface area contributed by atoms with Gasteiger partial charge in [-0.15, -0.1) is 0 Å². The van der Waals surface area contributed by atoms with Crippen LogP contribution in [0.4, 0.5) is 0 Å². The van der Waals surface area contributed by atoms with Gasteiger partial charge in [0.2, 0.25) is 0 Å². The molecule has 0 fully saturated rings. The Kier molecular flexibility index (Phi) is 9.62. The number of rotatable bonds is 0. The van der Waals surface area contributed by atoms with Crippen molar-refractivity contribution in [2.45, 2.75) is 0 Å². The zero-order chi connectivity index (χ0) is 8.74. The molecule has 0 aliphatic heterocycles. The third kappa shape index (κ3) is 22.5. The summed E-state index contributed by atoms with van der Waals surface area (Å²) in [6.45, 7) is 0. The molecule has 12 heavy (non-hydrogen) atoms. The molecule has 0 saturated carbocycles. The fraction of sp³-hybridized carbons (Fsp3) is 0. The molecule has 3 N–H and O–H groups in total. The van der Waals surface area contributed by atoms with Gasteiger partial charge in [0.1, 0.15) is 0 Å². The smallest absolute Gasteiger partial charge is 0.303 e. The standard InChI is InChI=1S/C6H5.H3O4P.Zr/c1-2-4-6-5-3-1;1-5(2,3)4;/h1-5H;(H3,1,2,3,4);/q-1;;. The van der Waals surface area contributed by atoms with Crippen molar-refractivity contribution >= 4 is 7.82 Å². The Morgan fingerprint density at radius 1 is 1.00 bits per heavy atom. The van der Waals surface area contributed by atoms with Gasteiger partial charge in [0.05, 0.1) is 0 Å². The third-order valence-electron chi connectivity index (χ3n) is 0.607. The Morgan fingerprint density at radius 3 is 1.42 bits per heavy atom. The fourth-order valence-corrected chi connectivity index (χ4v) is 0.342. The van der Waals surface area contributed by atoms with Crippen molar-refractivity contribution in [3.8, 4) is 0 Å². The van der Waals surface area contributed by atoms with Gasteiger partial charge in [-0.25, -0.2) is 4.57 Å². The van der Waals surface area contributed by atoms with Crippen LogP contribution in [0.1, 0.15) is 0 Å². The first-order chi connectivity index (χ1) is 5.00. The quantitative estimate of drug-likeness (QED) is 0.473. The second kappa shape index (κ2) is 7.84. The first-order valence-corrected chi connectivity index (χ1v) is 4.26. The molecule has 0 radical (unpaired) electrons. The molecule has 0 aromatic heterocycles. The maximum Gasteiger partial charge on any atom is 0.466 e. The van der Waals surface area contributed by atoms with Crippen LogP contribution in [-0.4, -0.2) is 14.7 Å². The first-order valence-electron chi connectivity index (χ1n) is 2.69. The molecular weight excluding hydrogens is 258 g/mol. The van der Waals surface area contributed by atoms with Gasteiger partial charge in [0.25, 0.3) is 0 Å². The van der Waals surface area contributed by atoms with E-state index in [-0.39, 0.29) is 26.2 Å². The van der Waals surface area contributed by atoms with Gasteiger partial charge in [-0.1, -0.05) is 0 Å². The van der Waals surface area contributed by atoms with Gasteiger partial charge in [0.15, 0.2) is 0 Å². The van der Waals surface area contributed by atoms with Crippen LogP contribution >= 0.6 is 7.82 Å². The number of benzene rings is 1. The van der Waals surface area contributed by atoms with Gasteiger partial charge in [-0.05, 0) is 0 Å². The maximum atomic E-state index is 8.88. The zero-order valence-electron chi connectivity index (χ0n) is 6.08. The van der Waals surface area contributed by atoms with Gasteiger partial charge in [0, 0.05) is 26.2 Å². The molecule has 1 aromatic carbocycles. The van der Waals surface area contributed by atoms with E-state index in [1.807, 2.05) is 30.3 Å². The molecule has 0 aliphatic carbocycles. The van der Waals surface area contributed by atoms with Crippen LogP contribution in [0.5, 0.6) is 0 Å². The summed E-state index contributed by atoms with van der Waals surface area (Å²) in [6.07, 6.45) is 0. The third-order valence-corrected chi connectivity index (χ3v) is 0.607. The summed E-state index contributed by atoms with van der Waals surface area (Å²) in [6, 6.07) is 12.5. The average molecular weight is 266 g/mol. The first kappa shape index (κ1) is 14.7. The summed E-state index contributed by atoms with van der Waals surface area (Å²) in [7, 11) is -4.64. The topological polar surface area (TPSA) is 77.8 Å². The SMILES string of the molecule is O=P(O)(O)O.[Zr].[c-]1ccccc1. The van der Waals surface area contributed by atoms with Crippen LogP contribution in [-0.2, 0) is 30.8 Å². The van der Waals surface area contributed by atoms with E-state index < -0.39 is 7.82 Å². The largest absolute Gasteiger partial charge is 0.466 e. The molecule has 0 aliphatic rings. The number of phosphoric acid groups is 1. The molecule has 1 rings (SSSR count). The van der Waals surface area contributed by atoms with E-state index in [0.29, 0.717) is 0 Å².